The molecule has 3 rings (SSSR count). The lowest BCUT2D eigenvalue weighted by Gasteiger charge is -2.24. The zero-order valence-corrected chi connectivity index (χ0v) is 16.6. The van der Waals surface area contributed by atoms with Gasteiger partial charge in [0.25, 0.3) is 0 Å². The van der Waals surface area contributed by atoms with Crippen LogP contribution in [0.15, 0.2) is 60.7 Å². The van der Waals surface area contributed by atoms with E-state index in [9.17, 15) is 13.6 Å². The second-order valence-corrected chi connectivity index (χ2v) is 6.77. The summed E-state index contributed by atoms with van der Waals surface area (Å²) in [5.74, 6) is 11.0. The van der Waals surface area contributed by atoms with E-state index in [1.165, 1.54) is 43.4 Å². The third kappa shape index (κ3) is 4.56. The number of nitrogens with two attached hydrogens (primary N) is 2. The van der Waals surface area contributed by atoms with Crippen LogP contribution >= 0.6 is 0 Å². The lowest BCUT2D eigenvalue weighted by Crippen LogP contribution is -2.49. The summed E-state index contributed by atoms with van der Waals surface area (Å²) in [6, 6.07) is 14.6. The topological polar surface area (TPSA) is 84.8 Å². The smallest absolute Gasteiger partial charge is 0.352 e. The number of ether oxygens (including phenoxy) is 1. The Morgan fingerprint density at radius 3 is 2.40 bits per heavy atom. The van der Waals surface area contributed by atoms with Crippen LogP contribution < -0.4 is 21.4 Å². The van der Waals surface area contributed by atoms with E-state index in [0.29, 0.717) is 22.6 Å². The molecule has 4 N–H and O–H groups in total. The Bertz CT molecular complexity index is 1060. The van der Waals surface area contributed by atoms with E-state index in [1.54, 1.807) is 18.2 Å². The fraction of sp³-hybridized carbons (Fsp3) is 0.136. The van der Waals surface area contributed by atoms with Crippen molar-refractivity contribution in [3.63, 3.8) is 0 Å². The lowest BCUT2D eigenvalue weighted by atomic mass is 10.0. The Labute approximate surface area is 173 Å². The van der Waals surface area contributed by atoms with E-state index in [1.807, 2.05) is 13.0 Å². The molecule has 156 valence electrons. The first-order valence-corrected chi connectivity index (χ1v) is 9.12. The van der Waals surface area contributed by atoms with Crippen molar-refractivity contribution in [3.05, 3.63) is 83.4 Å². The molecular weight excluding hydrogens is 390 g/mol. The van der Waals surface area contributed by atoms with E-state index < -0.39 is 17.7 Å². The summed E-state index contributed by atoms with van der Waals surface area (Å²) in [7, 11) is 1.39. The quantitative estimate of drug-likeness (QED) is 0.375. The number of aryl methyl sites for hydroxylation is 1. The number of anilines is 1. The van der Waals surface area contributed by atoms with Crippen LogP contribution in [-0.2, 0) is 6.61 Å². The van der Waals surface area contributed by atoms with Gasteiger partial charge in [-0.15, -0.1) is 0 Å². The fourth-order valence-electron chi connectivity index (χ4n) is 2.97. The molecule has 0 saturated carbocycles. The number of nitrogens with zero attached hydrogens (tertiary/aromatic N) is 2. The zero-order valence-electron chi connectivity index (χ0n) is 16.6. The van der Waals surface area contributed by atoms with Crippen LogP contribution in [-0.4, -0.2) is 18.1 Å². The Morgan fingerprint density at radius 2 is 1.73 bits per heavy atom. The summed E-state index contributed by atoms with van der Waals surface area (Å²) < 4.78 is 33.3. The van der Waals surface area contributed by atoms with Gasteiger partial charge in [0.2, 0.25) is 0 Å². The summed E-state index contributed by atoms with van der Waals surface area (Å²) in [6.07, 6.45) is 0. The number of hydrogen-bond acceptors (Lipinski definition) is 4. The highest BCUT2D eigenvalue weighted by molar-refractivity contribution is 5.91. The fourth-order valence-corrected chi connectivity index (χ4v) is 2.97. The number of benzene rings is 3. The van der Waals surface area contributed by atoms with Gasteiger partial charge in [0.1, 0.15) is 24.0 Å². The molecule has 0 unspecified atom stereocenters. The number of carbonyl (C=O) groups excluding carboxylic acids is 1. The average molecular weight is 412 g/mol. The second kappa shape index (κ2) is 8.89. The van der Waals surface area contributed by atoms with E-state index in [4.69, 9.17) is 16.4 Å². The summed E-state index contributed by atoms with van der Waals surface area (Å²) >= 11 is 0. The Kier molecular flexibility index (Phi) is 6.29. The summed E-state index contributed by atoms with van der Waals surface area (Å²) in [5.41, 5.74) is 2.80. The maximum atomic E-state index is 14.3. The van der Waals surface area contributed by atoms with E-state index in [0.717, 1.165) is 15.6 Å². The van der Waals surface area contributed by atoms with Crippen molar-refractivity contribution < 1.29 is 18.3 Å². The highest BCUT2D eigenvalue weighted by Crippen LogP contribution is 2.29. The Morgan fingerprint density at radius 1 is 1.03 bits per heavy atom. The third-order valence-corrected chi connectivity index (χ3v) is 4.63. The molecule has 0 aliphatic carbocycles. The van der Waals surface area contributed by atoms with Crippen LogP contribution in [0.2, 0.25) is 0 Å². The first-order chi connectivity index (χ1) is 14.3. The van der Waals surface area contributed by atoms with Crippen molar-refractivity contribution in [2.75, 3.05) is 12.1 Å². The number of rotatable bonds is 5. The van der Waals surface area contributed by atoms with Gasteiger partial charge >= 0.3 is 6.03 Å². The molecule has 0 aliphatic heterocycles. The zero-order chi connectivity index (χ0) is 21.8. The maximum Gasteiger partial charge on any atom is 0.352 e. The molecule has 8 heteroatoms. The molecular formula is C22H22F2N4O2. The molecule has 0 aromatic heterocycles. The molecule has 30 heavy (non-hydrogen) atoms. The molecule has 6 nitrogen and oxygen atoms in total. The van der Waals surface area contributed by atoms with Crippen LogP contribution in [0.25, 0.3) is 11.1 Å². The van der Waals surface area contributed by atoms with Crippen molar-refractivity contribution >= 4 is 11.7 Å². The number of carbonyl (C=O) groups is 1. The van der Waals surface area contributed by atoms with Crippen LogP contribution in [0.3, 0.4) is 0 Å². The number of amides is 2. The first kappa shape index (κ1) is 21.2. The number of urea groups is 1. The highest BCUT2D eigenvalue weighted by Gasteiger charge is 2.19. The third-order valence-electron chi connectivity index (χ3n) is 4.63. The monoisotopic (exact) mass is 412 g/mol. The molecule has 3 aromatic rings. The van der Waals surface area contributed by atoms with Gasteiger partial charge in [-0.1, -0.05) is 24.3 Å². The minimum atomic E-state index is -0.595. The molecule has 0 saturated heterocycles. The van der Waals surface area contributed by atoms with Gasteiger partial charge in [-0.05, 0) is 54.4 Å². The molecule has 0 atom stereocenters. The van der Waals surface area contributed by atoms with E-state index in [-0.39, 0.29) is 12.2 Å². The van der Waals surface area contributed by atoms with Gasteiger partial charge in [-0.3, -0.25) is 5.01 Å². The van der Waals surface area contributed by atoms with Gasteiger partial charge in [-0.25, -0.2) is 30.3 Å². The van der Waals surface area contributed by atoms with Crippen molar-refractivity contribution in [3.8, 4) is 16.9 Å². The van der Waals surface area contributed by atoms with Crippen LogP contribution in [0.4, 0.5) is 19.3 Å². The van der Waals surface area contributed by atoms with Crippen molar-refractivity contribution in [1.29, 1.82) is 0 Å². The SMILES string of the molecule is Cc1cccc(N(N)C(=O)N(C)N)c1COc1ccc(F)c(-c2ccc(F)cc2)c1. The molecule has 0 bridgehead atoms. The molecule has 0 spiro atoms. The van der Waals surface area contributed by atoms with Crippen LogP contribution in [0, 0.1) is 18.6 Å². The first-order valence-electron chi connectivity index (χ1n) is 9.12. The Hall–Kier alpha value is -3.49. The summed E-state index contributed by atoms with van der Waals surface area (Å²) in [4.78, 5) is 12.1. The predicted octanol–water partition coefficient (Wildman–Crippen LogP) is 4.12. The van der Waals surface area contributed by atoms with Gasteiger partial charge in [0.15, 0.2) is 0 Å². The van der Waals surface area contributed by atoms with Gasteiger partial charge in [0, 0.05) is 18.2 Å². The summed E-state index contributed by atoms with van der Waals surface area (Å²) in [6.45, 7) is 1.95. The standard InChI is InChI=1S/C22H22F2N4O2/c1-14-4-3-5-21(28(26)22(29)27(2)25)19(14)13-30-17-10-11-20(24)18(12-17)15-6-8-16(23)9-7-15/h3-12H,13,25-26H2,1-2H3. The van der Waals surface area contributed by atoms with Crippen LogP contribution in [0.1, 0.15) is 11.1 Å². The minimum absolute atomic E-state index is 0.0891. The largest absolute Gasteiger partial charge is 0.489 e. The number of halogens is 2. The predicted molar refractivity (Wildman–Crippen MR) is 111 cm³/mol. The summed E-state index contributed by atoms with van der Waals surface area (Å²) in [5, 5.41) is 1.82. The van der Waals surface area contributed by atoms with E-state index >= 15 is 0 Å². The Balaban J connectivity index is 1.87. The number of hydrazine groups is 2. The number of hydrogen-bond donors (Lipinski definition) is 2. The van der Waals surface area contributed by atoms with Gasteiger partial charge in [0.05, 0.1) is 5.69 Å². The van der Waals surface area contributed by atoms with Crippen molar-refractivity contribution in [2.24, 2.45) is 11.7 Å². The van der Waals surface area contributed by atoms with Crippen molar-refractivity contribution in [2.45, 2.75) is 13.5 Å². The maximum absolute atomic E-state index is 14.3. The molecule has 0 aliphatic rings. The molecule has 0 heterocycles. The lowest BCUT2D eigenvalue weighted by molar-refractivity contribution is 0.216. The van der Waals surface area contributed by atoms with Crippen molar-refractivity contribution in [1.82, 2.24) is 5.01 Å². The molecule has 2 amide bonds. The van der Waals surface area contributed by atoms with Crippen LogP contribution in [0.5, 0.6) is 5.75 Å². The highest BCUT2D eigenvalue weighted by atomic mass is 19.1. The minimum Gasteiger partial charge on any atom is -0.489 e. The molecule has 0 fully saturated rings. The average Bonchev–Trinajstić information content (AvgIpc) is 2.73. The normalized spacial score (nSPS) is 10.6. The molecule has 3 aromatic carbocycles. The second-order valence-electron chi connectivity index (χ2n) is 6.77. The molecule has 0 radical (unpaired) electrons. The van der Waals surface area contributed by atoms with Gasteiger partial charge < -0.3 is 4.74 Å². The van der Waals surface area contributed by atoms with E-state index in [2.05, 4.69) is 0 Å². The van der Waals surface area contributed by atoms with Gasteiger partial charge in [-0.2, -0.15) is 0 Å².